The third-order valence-corrected chi connectivity index (χ3v) is 2.88. The van der Waals surface area contributed by atoms with Crippen molar-refractivity contribution in [2.75, 3.05) is 0 Å². The molecular formula is C14H11FN4. The van der Waals surface area contributed by atoms with Gasteiger partial charge in [0, 0.05) is 18.8 Å². The molecule has 2 heterocycles. The highest BCUT2D eigenvalue weighted by molar-refractivity contribution is 5.65. The summed E-state index contributed by atoms with van der Waals surface area (Å²) in [5, 5.41) is 4.13. The monoisotopic (exact) mass is 254 g/mol. The molecule has 2 aromatic heterocycles. The summed E-state index contributed by atoms with van der Waals surface area (Å²) in [4.78, 5) is 7.91. The average Bonchev–Trinajstić information content (AvgIpc) is 2.86. The normalized spacial score (nSPS) is 10.6. The van der Waals surface area contributed by atoms with Crippen LogP contribution >= 0.6 is 0 Å². The molecule has 0 radical (unpaired) electrons. The summed E-state index contributed by atoms with van der Waals surface area (Å²) >= 11 is 0. The molecule has 0 unspecified atom stereocenters. The number of benzene rings is 1. The number of nitrogens with zero attached hydrogens (tertiary/aromatic N) is 4. The first-order valence-electron chi connectivity index (χ1n) is 5.80. The molecule has 3 rings (SSSR count). The lowest BCUT2D eigenvalue weighted by Gasteiger charge is -2.04. The zero-order chi connectivity index (χ0) is 13.2. The molecule has 0 saturated carbocycles. The van der Waals surface area contributed by atoms with Gasteiger partial charge in [-0.25, -0.2) is 14.4 Å². The Kier molecular flexibility index (Phi) is 2.79. The van der Waals surface area contributed by atoms with Gasteiger partial charge >= 0.3 is 0 Å². The number of halogens is 1. The highest BCUT2D eigenvalue weighted by atomic mass is 19.1. The lowest BCUT2D eigenvalue weighted by atomic mass is 10.1. The summed E-state index contributed by atoms with van der Waals surface area (Å²) in [6.45, 7) is 0. The van der Waals surface area contributed by atoms with Crippen LogP contribution in [-0.2, 0) is 7.05 Å². The van der Waals surface area contributed by atoms with E-state index in [1.54, 1.807) is 6.20 Å². The van der Waals surface area contributed by atoms with Crippen molar-refractivity contribution >= 4 is 0 Å². The third kappa shape index (κ3) is 2.22. The molecule has 5 heteroatoms. The predicted octanol–water partition coefficient (Wildman–Crippen LogP) is 2.68. The van der Waals surface area contributed by atoms with Gasteiger partial charge in [-0.05, 0) is 11.6 Å². The Morgan fingerprint density at radius 2 is 1.58 bits per heavy atom. The fourth-order valence-corrected chi connectivity index (χ4v) is 1.91. The summed E-state index contributed by atoms with van der Waals surface area (Å²) in [6, 6.07) is 9.71. The van der Waals surface area contributed by atoms with Gasteiger partial charge in [0.15, 0.2) is 11.6 Å². The molecule has 0 bridgehead atoms. The van der Waals surface area contributed by atoms with Crippen molar-refractivity contribution in [2.45, 2.75) is 0 Å². The summed E-state index contributed by atoms with van der Waals surface area (Å²) in [7, 11) is 1.90. The minimum Gasteiger partial charge on any atom is -0.268 e. The van der Waals surface area contributed by atoms with Crippen LogP contribution in [0, 0.1) is 5.82 Å². The van der Waals surface area contributed by atoms with E-state index >= 15 is 0 Å². The van der Waals surface area contributed by atoms with E-state index in [1.165, 1.54) is 0 Å². The largest absolute Gasteiger partial charge is 0.268 e. The van der Waals surface area contributed by atoms with Crippen molar-refractivity contribution in [1.82, 2.24) is 19.7 Å². The number of hydrogen-bond acceptors (Lipinski definition) is 3. The fourth-order valence-electron chi connectivity index (χ4n) is 1.91. The van der Waals surface area contributed by atoms with E-state index in [4.69, 9.17) is 0 Å². The van der Waals surface area contributed by atoms with Gasteiger partial charge in [-0.1, -0.05) is 24.3 Å². The van der Waals surface area contributed by atoms with E-state index in [0.29, 0.717) is 5.82 Å². The maximum atomic E-state index is 12.8. The zero-order valence-electron chi connectivity index (χ0n) is 10.3. The highest BCUT2D eigenvalue weighted by Gasteiger charge is 2.05. The van der Waals surface area contributed by atoms with Crippen LogP contribution in [0.25, 0.3) is 22.6 Å². The predicted molar refractivity (Wildman–Crippen MR) is 69.6 cm³/mol. The Morgan fingerprint density at radius 3 is 2.16 bits per heavy atom. The topological polar surface area (TPSA) is 43.6 Å². The molecule has 0 aliphatic rings. The molecule has 94 valence electrons. The van der Waals surface area contributed by atoms with Gasteiger partial charge in [-0.15, -0.1) is 0 Å². The second-order valence-corrected chi connectivity index (χ2v) is 4.14. The molecule has 3 aromatic rings. The summed E-state index contributed by atoms with van der Waals surface area (Å²) < 4.78 is 14.6. The number of hydrogen-bond donors (Lipinski definition) is 0. The quantitative estimate of drug-likeness (QED) is 0.706. The van der Waals surface area contributed by atoms with Crippen LogP contribution in [0.3, 0.4) is 0 Å². The van der Waals surface area contributed by atoms with Gasteiger partial charge in [0.1, 0.15) is 0 Å². The Bertz CT molecular complexity index is 686. The van der Waals surface area contributed by atoms with Crippen molar-refractivity contribution in [3.05, 3.63) is 54.7 Å². The van der Waals surface area contributed by atoms with Crippen LogP contribution in [0.2, 0.25) is 0 Å². The second kappa shape index (κ2) is 4.61. The molecule has 0 N–H and O–H groups in total. The fraction of sp³-hybridized carbons (Fsp3) is 0.0714. The van der Waals surface area contributed by atoms with Crippen LogP contribution in [0.5, 0.6) is 0 Å². The first-order valence-corrected chi connectivity index (χ1v) is 5.80. The third-order valence-electron chi connectivity index (χ3n) is 2.88. The molecule has 0 atom stereocenters. The van der Waals surface area contributed by atoms with Crippen LogP contribution in [-0.4, -0.2) is 19.7 Å². The van der Waals surface area contributed by atoms with E-state index < -0.39 is 5.82 Å². The van der Waals surface area contributed by atoms with Crippen molar-refractivity contribution in [3.63, 3.8) is 0 Å². The molecular weight excluding hydrogens is 243 g/mol. The summed E-state index contributed by atoms with van der Waals surface area (Å²) in [5.74, 6) is 0.0770. The first kappa shape index (κ1) is 11.5. The maximum Gasteiger partial charge on any atom is 0.159 e. The lowest BCUT2D eigenvalue weighted by molar-refractivity contribution is 0.614. The van der Waals surface area contributed by atoms with Crippen LogP contribution < -0.4 is 0 Å². The smallest absolute Gasteiger partial charge is 0.159 e. The summed E-state index contributed by atoms with van der Waals surface area (Å²) in [5.41, 5.74) is 2.95. The molecule has 0 aliphatic heterocycles. The van der Waals surface area contributed by atoms with Gasteiger partial charge in [0.05, 0.1) is 18.1 Å². The summed E-state index contributed by atoms with van der Waals surface area (Å²) in [6.07, 6.45) is 4.08. The van der Waals surface area contributed by atoms with Crippen LogP contribution in [0.15, 0.2) is 48.9 Å². The molecule has 0 spiro atoms. The van der Waals surface area contributed by atoms with Gasteiger partial charge < -0.3 is 0 Å². The number of aryl methyl sites for hydroxylation is 1. The Morgan fingerprint density at radius 1 is 0.947 bits per heavy atom. The van der Waals surface area contributed by atoms with E-state index in [2.05, 4.69) is 15.1 Å². The Hall–Kier alpha value is -2.56. The first-order chi connectivity index (χ1) is 9.24. The Labute approximate surface area is 109 Å². The van der Waals surface area contributed by atoms with Gasteiger partial charge in [0.2, 0.25) is 0 Å². The molecule has 1 aromatic carbocycles. The molecule has 0 aliphatic carbocycles. The van der Waals surface area contributed by atoms with E-state index in [1.807, 2.05) is 42.1 Å². The molecule has 0 saturated heterocycles. The molecule has 0 amide bonds. The van der Waals surface area contributed by atoms with Gasteiger partial charge in [-0.2, -0.15) is 5.10 Å². The van der Waals surface area contributed by atoms with E-state index in [-0.39, 0.29) is 0 Å². The molecule has 19 heavy (non-hydrogen) atoms. The SMILES string of the molecule is Cn1nccc1-c1ccc(-c2ncc(F)cn2)cc1. The number of rotatable bonds is 2. The minimum absolute atomic E-state index is 0.435. The molecule has 0 fully saturated rings. The van der Waals surface area contributed by atoms with Crippen LogP contribution in [0.1, 0.15) is 0 Å². The van der Waals surface area contributed by atoms with Crippen molar-refractivity contribution in [2.24, 2.45) is 7.05 Å². The highest BCUT2D eigenvalue weighted by Crippen LogP contribution is 2.22. The van der Waals surface area contributed by atoms with Crippen molar-refractivity contribution in [3.8, 4) is 22.6 Å². The maximum absolute atomic E-state index is 12.8. The van der Waals surface area contributed by atoms with Gasteiger partial charge in [-0.3, -0.25) is 4.68 Å². The zero-order valence-corrected chi connectivity index (χ0v) is 10.3. The van der Waals surface area contributed by atoms with Crippen LogP contribution in [0.4, 0.5) is 4.39 Å². The standard InChI is InChI=1S/C14H11FN4/c1-19-13(6-7-18-19)10-2-4-11(5-3-10)14-16-8-12(15)9-17-14/h2-9H,1H3. The average molecular weight is 254 g/mol. The number of aromatic nitrogens is 4. The molecule has 4 nitrogen and oxygen atoms in total. The van der Waals surface area contributed by atoms with Crippen molar-refractivity contribution in [1.29, 1.82) is 0 Å². The van der Waals surface area contributed by atoms with E-state index in [0.717, 1.165) is 29.2 Å². The minimum atomic E-state index is -0.435. The van der Waals surface area contributed by atoms with E-state index in [9.17, 15) is 4.39 Å². The van der Waals surface area contributed by atoms with Crippen molar-refractivity contribution < 1.29 is 4.39 Å². The Balaban J connectivity index is 1.95. The van der Waals surface area contributed by atoms with Gasteiger partial charge in [0.25, 0.3) is 0 Å². The lowest BCUT2D eigenvalue weighted by Crippen LogP contribution is -1.93. The second-order valence-electron chi connectivity index (χ2n) is 4.14.